The molecule has 2 amide bonds. The Labute approximate surface area is 226 Å². The minimum atomic E-state index is -1.13. The second-order valence-corrected chi connectivity index (χ2v) is 8.94. The van der Waals surface area contributed by atoms with Gasteiger partial charge in [0.25, 0.3) is 0 Å². The molecule has 0 saturated carbocycles. The van der Waals surface area contributed by atoms with Gasteiger partial charge in [-0.05, 0) is 41.7 Å². The summed E-state index contributed by atoms with van der Waals surface area (Å²) >= 11 is 0. The predicted octanol–water partition coefficient (Wildman–Crippen LogP) is 3.62. The molecule has 0 radical (unpaired) electrons. The van der Waals surface area contributed by atoms with Crippen LogP contribution in [0.25, 0.3) is 11.1 Å². The van der Waals surface area contributed by atoms with Gasteiger partial charge in [-0.3, -0.25) is 19.2 Å². The van der Waals surface area contributed by atoms with E-state index in [4.69, 9.17) is 5.11 Å². The van der Waals surface area contributed by atoms with Crippen molar-refractivity contribution in [3.63, 3.8) is 0 Å². The number of hydrogen-bond donors (Lipinski definition) is 5. The smallest absolute Gasteiger partial charge is 0.305 e. The van der Waals surface area contributed by atoms with Crippen molar-refractivity contribution in [2.45, 2.75) is 44.2 Å². The fourth-order valence-electron chi connectivity index (χ4n) is 3.97. The van der Waals surface area contributed by atoms with Gasteiger partial charge in [0, 0.05) is 25.6 Å². The fraction of sp³-hybridized carbons (Fsp3) is 0.276. The Balaban J connectivity index is 1.63. The molecule has 204 valence electrons. The van der Waals surface area contributed by atoms with Gasteiger partial charge in [-0.1, -0.05) is 60.7 Å². The Morgan fingerprint density at radius 2 is 1.46 bits per heavy atom. The highest BCUT2D eigenvalue weighted by Crippen LogP contribution is 2.23. The van der Waals surface area contributed by atoms with Crippen molar-refractivity contribution in [3.05, 3.63) is 84.6 Å². The molecule has 0 aliphatic rings. The number of aliphatic carboxylic acids is 2. The molecule has 0 aliphatic carbocycles. The lowest BCUT2D eigenvalue weighted by Gasteiger charge is -2.23. The number of carbonyl (C=O) groups is 4. The van der Waals surface area contributed by atoms with Crippen LogP contribution in [0.15, 0.2) is 79.0 Å². The summed E-state index contributed by atoms with van der Waals surface area (Å²) < 4.78 is 0. The first-order valence-electron chi connectivity index (χ1n) is 12.7. The van der Waals surface area contributed by atoms with Gasteiger partial charge in [-0.25, -0.2) is 4.98 Å². The maximum atomic E-state index is 13.1. The van der Waals surface area contributed by atoms with E-state index in [0.717, 1.165) is 11.1 Å². The Hall–Kier alpha value is -4.73. The largest absolute Gasteiger partial charge is 0.481 e. The van der Waals surface area contributed by atoms with Crippen molar-refractivity contribution < 1.29 is 29.4 Å². The Morgan fingerprint density at radius 1 is 0.769 bits per heavy atom. The van der Waals surface area contributed by atoms with Crippen molar-refractivity contribution in [3.8, 4) is 11.1 Å². The lowest BCUT2D eigenvalue weighted by atomic mass is 9.98. The van der Waals surface area contributed by atoms with Gasteiger partial charge >= 0.3 is 11.9 Å². The third kappa shape index (κ3) is 9.92. The van der Waals surface area contributed by atoms with Gasteiger partial charge in [0.05, 0.1) is 12.5 Å². The summed E-state index contributed by atoms with van der Waals surface area (Å²) in [6, 6.07) is 20.3. The minimum Gasteiger partial charge on any atom is -0.481 e. The second-order valence-electron chi connectivity index (χ2n) is 8.94. The molecular formula is C29H32N4O6. The van der Waals surface area contributed by atoms with Gasteiger partial charge in [0.1, 0.15) is 11.9 Å². The number of carboxylic acid groups (broad SMARTS) is 2. The van der Waals surface area contributed by atoms with Gasteiger partial charge in [0.15, 0.2) is 0 Å². The number of pyridine rings is 1. The zero-order valence-electron chi connectivity index (χ0n) is 21.4. The van der Waals surface area contributed by atoms with E-state index < -0.39 is 35.8 Å². The summed E-state index contributed by atoms with van der Waals surface area (Å²) in [5, 5.41) is 27.0. The molecule has 1 aromatic heterocycles. The molecule has 0 spiro atoms. The van der Waals surface area contributed by atoms with Crippen LogP contribution in [0.4, 0.5) is 5.82 Å². The molecule has 0 saturated heterocycles. The third-order valence-corrected chi connectivity index (χ3v) is 5.97. The van der Waals surface area contributed by atoms with E-state index in [1.165, 1.54) is 0 Å². The average Bonchev–Trinajstić information content (AvgIpc) is 2.94. The Morgan fingerprint density at radius 3 is 2.10 bits per heavy atom. The number of amides is 2. The molecule has 10 nitrogen and oxygen atoms in total. The van der Waals surface area contributed by atoms with Crippen LogP contribution in [-0.4, -0.2) is 51.5 Å². The van der Waals surface area contributed by atoms with Crippen LogP contribution in [0.5, 0.6) is 0 Å². The van der Waals surface area contributed by atoms with Crippen LogP contribution in [0.3, 0.4) is 0 Å². The summed E-state index contributed by atoms with van der Waals surface area (Å²) in [5.41, 5.74) is 2.51. The van der Waals surface area contributed by atoms with Gasteiger partial charge < -0.3 is 26.2 Å². The van der Waals surface area contributed by atoms with E-state index in [1.54, 1.807) is 30.5 Å². The summed E-state index contributed by atoms with van der Waals surface area (Å²) in [6.45, 7) is 0.482. The Bertz CT molecular complexity index is 1240. The van der Waals surface area contributed by atoms with Crippen LogP contribution in [-0.2, 0) is 19.2 Å². The predicted molar refractivity (Wildman–Crippen MR) is 146 cm³/mol. The molecule has 1 unspecified atom stereocenters. The third-order valence-electron chi connectivity index (χ3n) is 5.97. The first-order chi connectivity index (χ1) is 18.8. The van der Waals surface area contributed by atoms with Crippen molar-refractivity contribution >= 4 is 29.6 Å². The molecule has 10 heteroatoms. The fourth-order valence-corrected chi connectivity index (χ4v) is 3.97. The summed E-state index contributed by atoms with van der Waals surface area (Å²) in [6.07, 6.45) is 1.37. The maximum absolute atomic E-state index is 13.1. The Kier molecular flexibility index (Phi) is 11.0. The summed E-state index contributed by atoms with van der Waals surface area (Å²) in [5.74, 6) is -2.60. The zero-order chi connectivity index (χ0) is 28.0. The van der Waals surface area contributed by atoms with Crippen LogP contribution in [0.2, 0.25) is 0 Å². The van der Waals surface area contributed by atoms with Crippen LogP contribution in [0, 0.1) is 0 Å². The number of hydrogen-bond acceptors (Lipinski definition) is 6. The van der Waals surface area contributed by atoms with Crippen LogP contribution >= 0.6 is 0 Å². The van der Waals surface area contributed by atoms with Crippen LogP contribution in [0.1, 0.15) is 43.7 Å². The summed E-state index contributed by atoms with van der Waals surface area (Å²) in [7, 11) is 0. The standard InChI is InChI=1S/C29H32N4O6/c34-26(10-6-18-31-25-9-4-5-17-30-25)32-23(15-16-27(35)36)29(39)33-24(19-28(37)38)22-13-11-21(12-14-22)20-7-2-1-3-8-20/h1-5,7-9,11-14,17,23-24H,6,10,15-16,18-19H2,(H,30,31)(H,32,34)(H,33,39)(H,35,36)(H,37,38)/t23-,24?/m0/s1. The maximum Gasteiger partial charge on any atom is 0.305 e. The molecule has 5 N–H and O–H groups in total. The SMILES string of the molecule is O=C(O)CC[C@H](NC(=O)CCCNc1ccccn1)C(=O)NC(CC(=O)O)c1ccc(-c2ccccc2)cc1. The van der Waals surface area contributed by atoms with Gasteiger partial charge in [-0.15, -0.1) is 0 Å². The zero-order valence-corrected chi connectivity index (χ0v) is 21.4. The molecule has 0 bridgehead atoms. The highest BCUT2D eigenvalue weighted by Gasteiger charge is 2.26. The molecule has 3 rings (SSSR count). The van der Waals surface area contributed by atoms with E-state index in [1.807, 2.05) is 48.5 Å². The highest BCUT2D eigenvalue weighted by atomic mass is 16.4. The average molecular weight is 533 g/mol. The first kappa shape index (κ1) is 28.8. The monoisotopic (exact) mass is 532 g/mol. The number of carbonyl (C=O) groups excluding carboxylic acids is 2. The quantitative estimate of drug-likeness (QED) is 0.186. The molecule has 1 heterocycles. The second kappa shape index (κ2) is 14.9. The van der Waals surface area contributed by atoms with Gasteiger partial charge in [-0.2, -0.15) is 0 Å². The molecule has 0 aliphatic heterocycles. The normalized spacial score (nSPS) is 12.1. The molecular weight excluding hydrogens is 500 g/mol. The van der Waals surface area contributed by atoms with Crippen molar-refractivity contribution in [2.75, 3.05) is 11.9 Å². The van der Waals surface area contributed by atoms with E-state index in [-0.39, 0.29) is 25.7 Å². The minimum absolute atomic E-state index is 0.107. The van der Waals surface area contributed by atoms with E-state index >= 15 is 0 Å². The van der Waals surface area contributed by atoms with Gasteiger partial charge in [0.2, 0.25) is 11.8 Å². The number of nitrogens with zero attached hydrogens (tertiary/aromatic N) is 1. The number of rotatable bonds is 15. The number of carboxylic acids is 2. The summed E-state index contributed by atoms with van der Waals surface area (Å²) in [4.78, 5) is 52.5. The van der Waals surface area contributed by atoms with Crippen molar-refractivity contribution in [1.82, 2.24) is 15.6 Å². The molecule has 3 aromatic rings. The lowest BCUT2D eigenvalue weighted by molar-refractivity contribution is -0.138. The molecule has 39 heavy (non-hydrogen) atoms. The van der Waals surface area contributed by atoms with Crippen molar-refractivity contribution in [2.24, 2.45) is 0 Å². The number of nitrogens with one attached hydrogen (secondary N) is 3. The number of benzene rings is 2. The number of anilines is 1. The van der Waals surface area contributed by atoms with Crippen molar-refractivity contribution in [1.29, 1.82) is 0 Å². The molecule has 2 aromatic carbocycles. The lowest BCUT2D eigenvalue weighted by Crippen LogP contribution is -2.48. The van der Waals surface area contributed by atoms with E-state index in [2.05, 4.69) is 20.9 Å². The van der Waals surface area contributed by atoms with E-state index in [9.17, 15) is 24.3 Å². The highest BCUT2D eigenvalue weighted by molar-refractivity contribution is 5.88. The molecule has 2 atom stereocenters. The number of aromatic nitrogens is 1. The topological polar surface area (TPSA) is 158 Å². The first-order valence-corrected chi connectivity index (χ1v) is 12.7. The molecule has 0 fully saturated rings. The van der Waals surface area contributed by atoms with Crippen LogP contribution < -0.4 is 16.0 Å². The van der Waals surface area contributed by atoms with E-state index in [0.29, 0.717) is 24.3 Å².